The van der Waals surface area contributed by atoms with Gasteiger partial charge in [0.15, 0.2) is 0 Å². The third kappa shape index (κ3) is 4.15. The molecule has 1 atom stereocenters. The minimum absolute atomic E-state index is 0.00432. The van der Waals surface area contributed by atoms with Crippen molar-refractivity contribution < 1.29 is 24.2 Å². The van der Waals surface area contributed by atoms with Gasteiger partial charge in [-0.1, -0.05) is 48.5 Å². The van der Waals surface area contributed by atoms with Gasteiger partial charge >= 0.3 is 5.97 Å². The molecule has 1 fully saturated rings. The Hall–Kier alpha value is -4.19. The van der Waals surface area contributed by atoms with E-state index in [-0.39, 0.29) is 11.3 Å². The predicted molar refractivity (Wildman–Crippen MR) is 125 cm³/mol. The number of Topliss-reactive ketones (excluding diaryl/α,β-unsaturated/α-hetero) is 1. The summed E-state index contributed by atoms with van der Waals surface area (Å²) < 4.78 is 5.11. The first-order valence-electron chi connectivity index (χ1n) is 10.5. The number of aryl methyl sites for hydroxylation is 2. The lowest BCUT2D eigenvalue weighted by atomic mass is 9.95. The minimum Gasteiger partial charge on any atom is -0.507 e. The summed E-state index contributed by atoms with van der Waals surface area (Å²) in [6, 6.07) is 19.9. The molecule has 1 saturated heterocycles. The van der Waals surface area contributed by atoms with Crippen molar-refractivity contribution in [3.8, 4) is 5.75 Å². The van der Waals surface area contributed by atoms with Crippen molar-refractivity contribution in [3.05, 3.63) is 101 Å². The lowest BCUT2D eigenvalue weighted by Crippen LogP contribution is -2.29. The van der Waals surface area contributed by atoms with Crippen LogP contribution in [0.1, 0.15) is 35.2 Å². The maximum Gasteiger partial charge on any atom is 0.308 e. The lowest BCUT2D eigenvalue weighted by molar-refractivity contribution is -0.132. The fourth-order valence-electron chi connectivity index (χ4n) is 3.93. The summed E-state index contributed by atoms with van der Waals surface area (Å²) in [5, 5.41) is 11.1. The highest BCUT2D eigenvalue weighted by molar-refractivity contribution is 6.51. The quantitative estimate of drug-likeness (QED) is 0.206. The van der Waals surface area contributed by atoms with Crippen molar-refractivity contribution in [1.82, 2.24) is 0 Å². The average molecular weight is 441 g/mol. The van der Waals surface area contributed by atoms with Gasteiger partial charge in [-0.2, -0.15) is 0 Å². The van der Waals surface area contributed by atoms with Crippen molar-refractivity contribution in [2.45, 2.75) is 26.8 Å². The molecule has 1 heterocycles. The van der Waals surface area contributed by atoms with Gasteiger partial charge in [-0.05, 0) is 54.8 Å². The van der Waals surface area contributed by atoms with E-state index in [1.807, 2.05) is 26.0 Å². The van der Waals surface area contributed by atoms with E-state index >= 15 is 0 Å². The smallest absolute Gasteiger partial charge is 0.308 e. The number of amides is 1. The molecule has 0 spiro atoms. The van der Waals surface area contributed by atoms with E-state index in [0.29, 0.717) is 22.6 Å². The van der Waals surface area contributed by atoms with E-state index < -0.39 is 23.7 Å². The minimum atomic E-state index is -0.848. The zero-order valence-corrected chi connectivity index (χ0v) is 18.5. The Balaban J connectivity index is 1.90. The SMILES string of the molecule is CC(=O)Oc1ccc(C2/C(=C(\O)c3ccccc3)C(=O)C(=O)N2c2ccc(C)c(C)c2)cc1. The number of anilines is 1. The summed E-state index contributed by atoms with van der Waals surface area (Å²) in [6.07, 6.45) is 0. The summed E-state index contributed by atoms with van der Waals surface area (Å²) in [7, 11) is 0. The Morgan fingerprint density at radius 3 is 2.18 bits per heavy atom. The molecule has 3 aromatic rings. The first kappa shape index (κ1) is 22.0. The van der Waals surface area contributed by atoms with Gasteiger partial charge in [0, 0.05) is 18.2 Å². The first-order chi connectivity index (χ1) is 15.8. The van der Waals surface area contributed by atoms with Crippen molar-refractivity contribution in [2.75, 3.05) is 4.90 Å². The Bertz CT molecular complexity index is 1280. The van der Waals surface area contributed by atoms with Gasteiger partial charge in [-0.25, -0.2) is 0 Å². The Morgan fingerprint density at radius 1 is 0.909 bits per heavy atom. The van der Waals surface area contributed by atoms with Crippen molar-refractivity contribution in [3.63, 3.8) is 0 Å². The molecule has 1 amide bonds. The summed E-state index contributed by atoms with van der Waals surface area (Å²) in [5.74, 6) is -1.83. The van der Waals surface area contributed by atoms with Crippen LogP contribution >= 0.6 is 0 Å². The molecule has 6 nitrogen and oxygen atoms in total. The van der Waals surface area contributed by atoms with E-state index in [1.165, 1.54) is 11.8 Å². The molecule has 6 heteroatoms. The van der Waals surface area contributed by atoms with E-state index in [0.717, 1.165) is 11.1 Å². The van der Waals surface area contributed by atoms with E-state index in [4.69, 9.17) is 4.74 Å². The van der Waals surface area contributed by atoms with Crippen LogP contribution in [0.25, 0.3) is 5.76 Å². The molecule has 0 radical (unpaired) electrons. The molecule has 3 aromatic carbocycles. The third-order valence-corrected chi connectivity index (χ3v) is 5.72. The third-order valence-electron chi connectivity index (χ3n) is 5.72. The first-order valence-corrected chi connectivity index (χ1v) is 10.5. The number of aliphatic hydroxyl groups is 1. The van der Waals surface area contributed by atoms with Gasteiger partial charge in [0.25, 0.3) is 11.7 Å². The van der Waals surface area contributed by atoms with Crippen LogP contribution in [0.5, 0.6) is 5.75 Å². The standard InChI is InChI=1S/C27H23NO5/c1-16-9-12-21(15-17(16)2)28-24(19-10-13-22(14-11-19)33-18(3)29)23(26(31)27(28)32)25(30)20-7-5-4-6-8-20/h4-15,24,30H,1-3H3/b25-23+. The van der Waals surface area contributed by atoms with Crippen LogP contribution in [0.2, 0.25) is 0 Å². The number of aliphatic hydroxyl groups excluding tert-OH is 1. The van der Waals surface area contributed by atoms with Gasteiger partial charge in [-0.15, -0.1) is 0 Å². The van der Waals surface area contributed by atoms with Crippen molar-refractivity contribution >= 4 is 29.1 Å². The molecule has 4 rings (SSSR count). The molecule has 0 aliphatic carbocycles. The van der Waals surface area contributed by atoms with Crippen LogP contribution in [-0.2, 0) is 14.4 Å². The second-order valence-electron chi connectivity index (χ2n) is 7.97. The summed E-state index contributed by atoms with van der Waals surface area (Å²) in [5.41, 5.74) is 3.63. The Kier molecular flexibility index (Phi) is 5.84. The van der Waals surface area contributed by atoms with Crippen LogP contribution < -0.4 is 9.64 Å². The maximum absolute atomic E-state index is 13.2. The number of carbonyl (C=O) groups is 3. The number of hydrogen-bond acceptors (Lipinski definition) is 5. The number of ether oxygens (including phenoxy) is 1. The second kappa shape index (κ2) is 8.74. The molecule has 1 aliphatic heterocycles. The zero-order valence-electron chi connectivity index (χ0n) is 18.5. The molecule has 1 aliphatic rings. The topological polar surface area (TPSA) is 83.9 Å². The summed E-state index contributed by atoms with van der Waals surface area (Å²) in [4.78, 5) is 39.1. The van der Waals surface area contributed by atoms with Crippen LogP contribution in [0.4, 0.5) is 5.69 Å². The number of rotatable bonds is 4. The van der Waals surface area contributed by atoms with Crippen LogP contribution in [0, 0.1) is 13.8 Å². The molecule has 0 bridgehead atoms. The zero-order chi connectivity index (χ0) is 23.7. The number of ketones is 1. The van der Waals surface area contributed by atoms with E-state index in [1.54, 1.807) is 60.7 Å². The van der Waals surface area contributed by atoms with Gasteiger partial charge in [0.2, 0.25) is 0 Å². The Labute approximate surface area is 191 Å². The predicted octanol–water partition coefficient (Wildman–Crippen LogP) is 4.86. The van der Waals surface area contributed by atoms with Crippen LogP contribution in [0.3, 0.4) is 0 Å². The fourth-order valence-corrected chi connectivity index (χ4v) is 3.93. The van der Waals surface area contributed by atoms with Gasteiger partial charge in [0.05, 0.1) is 11.6 Å². The molecule has 166 valence electrons. The number of esters is 1. The molecule has 0 aromatic heterocycles. The van der Waals surface area contributed by atoms with Crippen molar-refractivity contribution in [2.24, 2.45) is 0 Å². The highest BCUT2D eigenvalue weighted by Gasteiger charge is 2.47. The van der Waals surface area contributed by atoms with Crippen LogP contribution in [0.15, 0.2) is 78.4 Å². The summed E-state index contributed by atoms with van der Waals surface area (Å²) in [6.45, 7) is 5.21. The molecular formula is C27H23NO5. The second-order valence-corrected chi connectivity index (χ2v) is 7.97. The van der Waals surface area contributed by atoms with Crippen LogP contribution in [-0.4, -0.2) is 22.8 Å². The largest absolute Gasteiger partial charge is 0.507 e. The number of carbonyl (C=O) groups excluding carboxylic acids is 3. The normalized spacial score (nSPS) is 17.3. The van der Waals surface area contributed by atoms with Gasteiger partial charge < -0.3 is 9.84 Å². The van der Waals surface area contributed by atoms with Gasteiger partial charge in [-0.3, -0.25) is 19.3 Å². The molecule has 33 heavy (non-hydrogen) atoms. The molecule has 1 unspecified atom stereocenters. The van der Waals surface area contributed by atoms with Crippen molar-refractivity contribution in [1.29, 1.82) is 0 Å². The summed E-state index contributed by atoms with van der Waals surface area (Å²) >= 11 is 0. The number of benzene rings is 3. The number of nitrogens with zero attached hydrogens (tertiary/aromatic N) is 1. The highest BCUT2D eigenvalue weighted by Crippen LogP contribution is 2.42. The average Bonchev–Trinajstić information content (AvgIpc) is 3.06. The van der Waals surface area contributed by atoms with E-state index in [2.05, 4.69) is 0 Å². The van der Waals surface area contributed by atoms with E-state index in [9.17, 15) is 19.5 Å². The monoisotopic (exact) mass is 441 g/mol. The highest BCUT2D eigenvalue weighted by atomic mass is 16.5. The molecule has 0 saturated carbocycles. The maximum atomic E-state index is 13.2. The van der Waals surface area contributed by atoms with Gasteiger partial charge in [0.1, 0.15) is 11.5 Å². The molecular weight excluding hydrogens is 418 g/mol. The number of hydrogen-bond donors (Lipinski definition) is 1. The lowest BCUT2D eigenvalue weighted by Gasteiger charge is -2.26. The molecule has 1 N–H and O–H groups in total. The Morgan fingerprint density at radius 2 is 1.58 bits per heavy atom. The fraction of sp³-hybridized carbons (Fsp3) is 0.148.